The summed E-state index contributed by atoms with van der Waals surface area (Å²) >= 11 is 0. The highest BCUT2D eigenvalue weighted by atomic mass is 15.1. The quantitative estimate of drug-likeness (QED) is 0.795. The fraction of sp³-hybridized carbons (Fsp3) is 0.100. The second-order valence-electron chi connectivity index (χ2n) is 5.73. The molecule has 2 aromatic carbocycles. The van der Waals surface area contributed by atoms with E-state index < -0.39 is 0 Å². The minimum Gasteiger partial charge on any atom is -0.383 e. The van der Waals surface area contributed by atoms with Crippen molar-refractivity contribution in [3.05, 3.63) is 66.4 Å². The SMILES string of the molecule is CN(C)c1ccc(-c2c(-c3ccccc3)cnc(N)c2C#N)cc1. The van der Waals surface area contributed by atoms with Crippen LogP contribution in [0.2, 0.25) is 0 Å². The van der Waals surface area contributed by atoms with Gasteiger partial charge in [0.05, 0.1) is 0 Å². The van der Waals surface area contributed by atoms with E-state index >= 15 is 0 Å². The molecule has 0 saturated carbocycles. The van der Waals surface area contributed by atoms with E-state index in [-0.39, 0.29) is 5.82 Å². The fourth-order valence-electron chi connectivity index (χ4n) is 2.70. The maximum Gasteiger partial charge on any atom is 0.141 e. The van der Waals surface area contributed by atoms with Crippen LogP contribution in [0, 0.1) is 11.3 Å². The lowest BCUT2D eigenvalue weighted by Crippen LogP contribution is -2.08. The second kappa shape index (κ2) is 6.43. The molecule has 0 radical (unpaired) electrons. The molecule has 1 aromatic heterocycles. The summed E-state index contributed by atoms with van der Waals surface area (Å²) in [5.74, 6) is 0.254. The minimum absolute atomic E-state index is 0.254. The lowest BCUT2D eigenvalue weighted by atomic mass is 9.92. The summed E-state index contributed by atoms with van der Waals surface area (Å²) in [6, 6.07) is 20.2. The molecule has 0 saturated heterocycles. The van der Waals surface area contributed by atoms with Gasteiger partial charge in [0, 0.05) is 37.1 Å². The van der Waals surface area contributed by atoms with Crippen LogP contribution < -0.4 is 10.6 Å². The van der Waals surface area contributed by atoms with Crippen molar-refractivity contribution in [2.24, 2.45) is 0 Å². The number of benzene rings is 2. The molecule has 0 atom stereocenters. The number of pyridine rings is 1. The third kappa shape index (κ3) is 2.80. The minimum atomic E-state index is 0.254. The first-order valence-corrected chi connectivity index (χ1v) is 7.63. The Labute approximate surface area is 141 Å². The van der Waals surface area contributed by atoms with Crippen LogP contribution in [0.1, 0.15) is 5.56 Å². The first-order chi connectivity index (χ1) is 11.6. The third-order valence-corrected chi connectivity index (χ3v) is 3.98. The van der Waals surface area contributed by atoms with Crippen molar-refractivity contribution in [3.8, 4) is 28.3 Å². The molecule has 0 spiro atoms. The summed E-state index contributed by atoms with van der Waals surface area (Å²) in [5, 5.41) is 9.60. The maximum atomic E-state index is 9.60. The van der Waals surface area contributed by atoms with Crippen LogP contribution in [0.15, 0.2) is 60.8 Å². The van der Waals surface area contributed by atoms with Gasteiger partial charge in [0.25, 0.3) is 0 Å². The van der Waals surface area contributed by atoms with Crippen molar-refractivity contribution in [1.29, 1.82) is 5.26 Å². The van der Waals surface area contributed by atoms with Crippen molar-refractivity contribution >= 4 is 11.5 Å². The molecule has 0 bridgehead atoms. The molecular formula is C20H18N4. The van der Waals surface area contributed by atoms with Crippen LogP contribution in [-0.2, 0) is 0 Å². The molecule has 0 fully saturated rings. The van der Waals surface area contributed by atoms with Crippen LogP contribution >= 0.6 is 0 Å². The predicted molar refractivity (Wildman–Crippen MR) is 98.6 cm³/mol. The molecule has 4 nitrogen and oxygen atoms in total. The molecule has 0 aliphatic carbocycles. The number of hydrogen-bond acceptors (Lipinski definition) is 4. The number of nitrogens with two attached hydrogens (primary N) is 1. The Morgan fingerprint density at radius 1 is 0.958 bits per heavy atom. The lowest BCUT2D eigenvalue weighted by Gasteiger charge is -2.16. The van der Waals surface area contributed by atoms with E-state index in [9.17, 15) is 5.26 Å². The zero-order chi connectivity index (χ0) is 17.1. The highest BCUT2D eigenvalue weighted by Crippen LogP contribution is 2.36. The Morgan fingerprint density at radius 3 is 2.21 bits per heavy atom. The maximum absolute atomic E-state index is 9.60. The monoisotopic (exact) mass is 314 g/mol. The summed E-state index contributed by atoms with van der Waals surface area (Å²) in [6.07, 6.45) is 1.74. The fourth-order valence-corrected chi connectivity index (χ4v) is 2.70. The van der Waals surface area contributed by atoms with Gasteiger partial charge in [0.15, 0.2) is 0 Å². The van der Waals surface area contributed by atoms with Crippen molar-refractivity contribution in [3.63, 3.8) is 0 Å². The topological polar surface area (TPSA) is 65.9 Å². The molecule has 0 aliphatic rings. The van der Waals surface area contributed by atoms with E-state index in [0.717, 1.165) is 27.9 Å². The highest BCUT2D eigenvalue weighted by molar-refractivity contribution is 5.89. The number of anilines is 2. The third-order valence-electron chi connectivity index (χ3n) is 3.98. The molecule has 2 N–H and O–H groups in total. The van der Waals surface area contributed by atoms with Crippen molar-refractivity contribution < 1.29 is 0 Å². The summed E-state index contributed by atoms with van der Waals surface area (Å²) in [6.45, 7) is 0. The summed E-state index contributed by atoms with van der Waals surface area (Å²) in [4.78, 5) is 6.24. The first-order valence-electron chi connectivity index (χ1n) is 7.63. The normalized spacial score (nSPS) is 10.2. The zero-order valence-corrected chi connectivity index (χ0v) is 13.7. The van der Waals surface area contributed by atoms with Gasteiger partial charge >= 0.3 is 0 Å². The summed E-state index contributed by atoms with van der Waals surface area (Å²) in [7, 11) is 3.99. The van der Waals surface area contributed by atoms with Gasteiger partial charge in [-0.2, -0.15) is 5.26 Å². The molecule has 0 aliphatic heterocycles. The van der Waals surface area contributed by atoms with E-state index in [0.29, 0.717) is 5.56 Å². The molecular weight excluding hydrogens is 296 g/mol. The zero-order valence-electron chi connectivity index (χ0n) is 13.7. The van der Waals surface area contributed by atoms with Gasteiger partial charge in [0.1, 0.15) is 17.5 Å². The molecule has 0 unspecified atom stereocenters. The largest absolute Gasteiger partial charge is 0.383 e. The van der Waals surface area contributed by atoms with Gasteiger partial charge in [-0.05, 0) is 23.3 Å². The molecule has 1 heterocycles. The van der Waals surface area contributed by atoms with Gasteiger partial charge in [-0.3, -0.25) is 0 Å². The van der Waals surface area contributed by atoms with Crippen molar-refractivity contribution in [1.82, 2.24) is 4.98 Å². The van der Waals surface area contributed by atoms with E-state index in [4.69, 9.17) is 5.73 Å². The standard InChI is InChI=1S/C20H18N4/c1-24(2)16-10-8-15(9-11-16)19-17(12-21)20(22)23-13-18(19)14-6-4-3-5-7-14/h3-11,13H,1-2H3,(H2,22,23). The second-order valence-corrected chi connectivity index (χ2v) is 5.73. The van der Waals surface area contributed by atoms with Crippen molar-refractivity contribution in [2.75, 3.05) is 24.7 Å². The Kier molecular flexibility index (Phi) is 4.17. The smallest absolute Gasteiger partial charge is 0.141 e. The van der Waals surface area contributed by atoms with Gasteiger partial charge in [-0.25, -0.2) is 4.98 Å². The predicted octanol–water partition coefficient (Wildman–Crippen LogP) is 3.94. The molecule has 118 valence electrons. The first kappa shape index (κ1) is 15.6. The summed E-state index contributed by atoms with van der Waals surface area (Å²) in [5.41, 5.74) is 11.1. The average molecular weight is 314 g/mol. The summed E-state index contributed by atoms with van der Waals surface area (Å²) < 4.78 is 0. The Morgan fingerprint density at radius 2 is 1.62 bits per heavy atom. The Balaban J connectivity index is 2.25. The molecule has 3 rings (SSSR count). The molecule has 0 amide bonds. The highest BCUT2D eigenvalue weighted by Gasteiger charge is 2.16. The molecule has 3 aromatic rings. The van der Waals surface area contributed by atoms with Gasteiger partial charge in [-0.1, -0.05) is 42.5 Å². The Bertz CT molecular complexity index is 891. The Hall–Kier alpha value is -3.32. The number of rotatable bonds is 3. The number of hydrogen-bond donors (Lipinski definition) is 1. The van der Waals surface area contributed by atoms with Gasteiger partial charge < -0.3 is 10.6 Å². The van der Waals surface area contributed by atoms with E-state index in [2.05, 4.69) is 11.1 Å². The number of nitriles is 1. The van der Waals surface area contributed by atoms with Crippen LogP contribution in [-0.4, -0.2) is 19.1 Å². The van der Waals surface area contributed by atoms with Gasteiger partial charge in [-0.15, -0.1) is 0 Å². The van der Waals surface area contributed by atoms with Crippen LogP contribution in [0.3, 0.4) is 0 Å². The molecule has 24 heavy (non-hydrogen) atoms. The number of aromatic nitrogens is 1. The number of nitrogen functional groups attached to an aromatic ring is 1. The van der Waals surface area contributed by atoms with E-state index in [1.165, 1.54) is 0 Å². The molecule has 4 heteroatoms. The van der Waals surface area contributed by atoms with Crippen LogP contribution in [0.5, 0.6) is 0 Å². The van der Waals surface area contributed by atoms with Crippen molar-refractivity contribution in [2.45, 2.75) is 0 Å². The average Bonchev–Trinajstić information content (AvgIpc) is 2.62. The number of nitrogens with zero attached hydrogens (tertiary/aromatic N) is 3. The van der Waals surface area contributed by atoms with Crippen LogP contribution in [0.4, 0.5) is 11.5 Å². The van der Waals surface area contributed by atoms with E-state index in [1.807, 2.05) is 73.6 Å². The van der Waals surface area contributed by atoms with Crippen LogP contribution in [0.25, 0.3) is 22.3 Å². The van der Waals surface area contributed by atoms with Gasteiger partial charge in [0.2, 0.25) is 0 Å². The van der Waals surface area contributed by atoms with E-state index in [1.54, 1.807) is 6.20 Å². The lowest BCUT2D eigenvalue weighted by molar-refractivity contribution is 1.13.